The van der Waals surface area contributed by atoms with Crippen LogP contribution in [-0.4, -0.2) is 20.7 Å². The van der Waals surface area contributed by atoms with Crippen LogP contribution < -0.4 is 10.4 Å². The molecule has 0 aliphatic heterocycles. The Morgan fingerprint density at radius 2 is 1.09 bits per heavy atom. The Hall–Kier alpha value is -1.33. The lowest BCUT2D eigenvalue weighted by molar-refractivity contribution is 1.01. The van der Waals surface area contributed by atoms with Crippen molar-refractivity contribution >= 4 is 48.3 Å². The zero-order chi connectivity index (χ0) is 21.5. The first-order valence-corrected chi connectivity index (χ1v) is 14.6. The highest BCUT2D eigenvalue weighted by Gasteiger charge is 2.20. The molecule has 0 saturated carbocycles. The maximum Gasteiger partial charge on any atom is 0.0776 e. The van der Waals surface area contributed by atoms with Crippen molar-refractivity contribution in [2.75, 3.05) is 0 Å². The highest BCUT2D eigenvalue weighted by atomic mass is 28.3. The minimum absolute atomic E-state index is 0.0435. The summed E-state index contributed by atoms with van der Waals surface area (Å²) in [5.41, 5.74) is 0.835. The van der Waals surface area contributed by atoms with Crippen molar-refractivity contribution in [1.82, 2.24) is 4.57 Å². The van der Waals surface area contributed by atoms with Crippen molar-refractivity contribution in [1.29, 1.82) is 0 Å². The van der Waals surface area contributed by atoms with Gasteiger partial charge in [-0.2, -0.15) is 0 Å². The van der Waals surface area contributed by atoms with E-state index in [4.69, 9.17) is 8.22 Å². The largest absolute Gasteiger partial charge is 0.344 e. The molecule has 0 aliphatic carbocycles. The summed E-state index contributed by atoms with van der Waals surface area (Å²) in [5, 5.41) is 2.23. The molecule has 0 aliphatic rings. The maximum absolute atomic E-state index is 8.91. The Bertz CT molecular complexity index is 1060. The monoisotopic (exact) mass is 331 g/mol. The minimum Gasteiger partial charge on any atom is -0.344 e. The van der Waals surface area contributed by atoms with Crippen molar-refractivity contribution < 1.29 is 8.22 Å². The second-order valence-electron chi connectivity index (χ2n) is 8.01. The molecule has 1 heterocycles. The summed E-state index contributed by atoms with van der Waals surface area (Å²) in [5.74, 6) is 0. The van der Waals surface area contributed by atoms with E-state index in [1.165, 1.54) is 0 Å². The van der Waals surface area contributed by atoms with Gasteiger partial charge in [0, 0.05) is 28.9 Å². The third-order valence-electron chi connectivity index (χ3n) is 4.01. The number of aryl methyl sites for hydroxylation is 1. The van der Waals surface area contributed by atoms with Crippen LogP contribution in [-0.2, 0) is 7.05 Å². The highest BCUT2D eigenvalue weighted by molar-refractivity contribution is 6.89. The molecule has 0 amide bonds. The van der Waals surface area contributed by atoms with Crippen molar-refractivity contribution in [3.8, 4) is 0 Å². The first-order valence-electron chi connectivity index (χ1n) is 10.6. The molecule has 2 aromatic carbocycles. The zero-order valence-corrected chi connectivity index (χ0v) is 16.4. The minimum atomic E-state index is -2.08. The number of hydrogen-bond donors (Lipinski definition) is 0. The lowest BCUT2D eigenvalue weighted by Gasteiger charge is -2.17. The Balaban J connectivity index is 2.77. The lowest BCUT2D eigenvalue weighted by Crippen LogP contribution is -2.37. The van der Waals surface area contributed by atoms with Gasteiger partial charge < -0.3 is 4.57 Å². The Kier molecular flexibility index (Phi) is 2.14. The smallest absolute Gasteiger partial charge is 0.0776 e. The number of aromatic nitrogens is 1. The molecule has 0 bridgehead atoms. The van der Waals surface area contributed by atoms with Crippen LogP contribution in [0.25, 0.3) is 21.8 Å². The van der Waals surface area contributed by atoms with Gasteiger partial charge in [-0.25, -0.2) is 0 Å². The van der Waals surface area contributed by atoms with E-state index in [9.17, 15) is 0 Å². The summed E-state index contributed by atoms with van der Waals surface area (Å²) in [6, 6.07) is 0.680. The van der Waals surface area contributed by atoms with E-state index in [1.54, 1.807) is 11.6 Å². The zero-order valence-electron chi connectivity index (χ0n) is 20.4. The Morgan fingerprint density at radius 1 is 0.727 bits per heavy atom. The summed E-state index contributed by atoms with van der Waals surface area (Å²) >= 11 is 0. The van der Waals surface area contributed by atoms with Crippen molar-refractivity contribution in [2.24, 2.45) is 7.05 Å². The van der Waals surface area contributed by atoms with E-state index in [-0.39, 0.29) is 36.3 Å². The molecule has 1 aromatic heterocycles. The van der Waals surface area contributed by atoms with Gasteiger partial charge in [0.2, 0.25) is 0 Å². The molecule has 0 atom stereocenters. The molecule has 1 nitrogen and oxygen atoms in total. The highest BCUT2D eigenvalue weighted by Crippen LogP contribution is 2.27. The predicted molar refractivity (Wildman–Crippen MR) is 106 cm³/mol. The molecular formula is C19H27NSi2. The van der Waals surface area contributed by atoms with Crippen LogP contribution in [0.3, 0.4) is 0 Å². The molecule has 0 radical (unpaired) electrons. The first kappa shape index (κ1) is 9.73. The van der Waals surface area contributed by atoms with Crippen LogP contribution in [0.2, 0.25) is 39.3 Å². The number of rotatable bonds is 2. The van der Waals surface area contributed by atoms with Gasteiger partial charge in [0.15, 0.2) is 0 Å². The molecule has 0 saturated heterocycles. The molecule has 3 rings (SSSR count). The van der Waals surface area contributed by atoms with Crippen molar-refractivity contribution in [3.63, 3.8) is 0 Å². The molecule has 3 heteroatoms. The van der Waals surface area contributed by atoms with E-state index in [0.29, 0.717) is 32.2 Å². The molecule has 0 N–H and O–H groups in total. The fraction of sp³-hybridized carbons (Fsp3) is 0.368. The molecule has 0 spiro atoms. The van der Waals surface area contributed by atoms with Gasteiger partial charge in [0.05, 0.1) is 24.4 Å². The third kappa shape index (κ3) is 2.46. The number of hydrogen-bond acceptors (Lipinski definition) is 0. The molecule has 0 fully saturated rings. The first-order chi connectivity index (χ1) is 12.6. The number of nitrogens with zero attached hydrogens (tertiary/aromatic N) is 1. The molecular weight excluding hydrogens is 298 g/mol. The summed E-state index contributed by atoms with van der Waals surface area (Å²) in [4.78, 5) is 0. The fourth-order valence-electron chi connectivity index (χ4n) is 2.53. The number of benzene rings is 2. The van der Waals surface area contributed by atoms with E-state index in [2.05, 4.69) is 39.3 Å². The maximum atomic E-state index is 8.91. The van der Waals surface area contributed by atoms with Crippen LogP contribution in [0, 0.1) is 0 Å². The van der Waals surface area contributed by atoms with Crippen LogP contribution in [0.1, 0.15) is 8.22 Å². The van der Waals surface area contributed by atoms with Gasteiger partial charge in [0.25, 0.3) is 0 Å². The average Bonchev–Trinajstić information content (AvgIpc) is 2.82. The van der Waals surface area contributed by atoms with Crippen LogP contribution >= 0.6 is 0 Å². The van der Waals surface area contributed by atoms with Gasteiger partial charge in [-0.1, -0.05) is 73.8 Å². The summed E-state index contributed by atoms with van der Waals surface area (Å²) in [6.07, 6.45) is 0. The molecule has 0 unspecified atom stereocenters. The van der Waals surface area contributed by atoms with E-state index in [1.807, 2.05) is 0 Å². The van der Waals surface area contributed by atoms with Gasteiger partial charge in [0.1, 0.15) is 0 Å². The summed E-state index contributed by atoms with van der Waals surface area (Å²) in [6.45, 7) is 12.3. The quantitative estimate of drug-likeness (QED) is 0.613. The molecule has 3 aromatic rings. The van der Waals surface area contributed by atoms with E-state index >= 15 is 0 Å². The van der Waals surface area contributed by atoms with E-state index in [0.717, 1.165) is 0 Å². The molecule has 22 heavy (non-hydrogen) atoms. The van der Waals surface area contributed by atoms with Gasteiger partial charge in [-0.3, -0.25) is 0 Å². The second kappa shape index (κ2) is 4.83. The van der Waals surface area contributed by atoms with Gasteiger partial charge >= 0.3 is 0 Å². The Morgan fingerprint density at radius 3 is 1.41 bits per heavy atom. The van der Waals surface area contributed by atoms with Crippen LogP contribution in [0.5, 0.6) is 0 Å². The topological polar surface area (TPSA) is 4.93 Å². The van der Waals surface area contributed by atoms with Crippen molar-refractivity contribution in [3.05, 3.63) is 36.3 Å². The SMILES string of the molecule is [2H]c1c([Si](C)(C)C)c([2H])c2c3c([2H])c([Si](C)(C)C)c([2H])c([2H])c3n(C)c2c1[2H]. The standard InChI is InChI=1S/C19H27NSi2/c1-20-18-10-8-14(21(2,3)4)12-16(18)17-13-15(22(5,6)7)9-11-19(17)20/h8-13H,1-7H3/i8D,9D,10D,11D,12D,13D. The normalized spacial score (nSPS) is 17.0. The van der Waals surface area contributed by atoms with Gasteiger partial charge in [-0.15, -0.1) is 0 Å². The van der Waals surface area contributed by atoms with E-state index < -0.39 is 16.1 Å². The average molecular weight is 332 g/mol. The third-order valence-corrected chi connectivity index (χ3v) is 7.51. The second-order valence-corrected chi connectivity index (χ2v) is 18.0. The van der Waals surface area contributed by atoms with Crippen molar-refractivity contribution in [2.45, 2.75) is 39.3 Å². The predicted octanol–water partition coefficient (Wildman–Crippen LogP) is 4.42. The Labute approximate surface area is 144 Å². The summed E-state index contributed by atoms with van der Waals surface area (Å²) < 4.78 is 53.8. The fourth-order valence-corrected chi connectivity index (χ4v) is 4.40. The van der Waals surface area contributed by atoms with Gasteiger partial charge in [-0.05, 0) is 12.1 Å². The lowest BCUT2D eigenvalue weighted by atomic mass is 10.1. The van der Waals surface area contributed by atoms with Crippen LogP contribution in [0.15, 0.2) is 36.3 Å². The van der Waals surface area contributed by atoms with Crippen LogP contribution in [0.4, 0.5) is 0 Å². The molecule has 116 valence electrons. The summed E-state index contributed by atoms with van der Waals surface area (Å²) in [7, 11) is -2.45. The number of fused-ring (bicyclic) bond motifs is 3.